The van der Waals surface area contributed by atoms with Crippen molar-refractivity contribution in [3.8, 4) is 0 Å². The summed E-state index contributed by atoms with van der Waals surface area (Å²) in [5, 5.41) is 0. The Morgan fingerprint density at radius 2 is 1.90 bits per heavy atom. The van der Waals surface area contributed by atoms with Gasteiger partial charge in [0, 0.05) is 6.04 Å². The molecular formula is C15H23F3N2. The maximum absolute atomic E-state index is 12.6. The second kappa shape index (κ2) is 7.64. The number of nitrogens with one attached hydrogen (secondary N) is 1. The lowest BCUT2D eigenvalue weighted by molar-refractivity contribution is -0.137. The number of hydrogen-bond acceptors (Lipinski definition) is 2. The smallest absolute Gasteiger partial charge is 0.271 e. The molecule has 0 radical (unpaired) electrons. The molecule has 1 rings (SSSR count). The summed E-state index contributed by atoms with van der Waals surface area (Å²) in [5.74, 6) is 6.12. The van der Waals surface area contributed by atoms with Crippen molar-refractivity contribution in [2.24, 2.45) is 11.8 Å². The van der Waals surface area contributed by atoms with Crippen molar-refractivity contribution < 1.29 is 13.2 Å². The average molecular weight is 288 g/mol. The van der Waals surface area contributed by atoms with E-state index >= 15 is 0 Å². The van der Waals surface area contributed by atoms with Crippen molar-refractivity contribution in [1.29, 1.82) is 0 Å². The van der Waals surface area contributed by atoms with E-state index in [9.17, 15) is 13.2 Å². The van der Waals surface area contributed by atoms with Crippen LogP contribution in [0.3, 0.4) is 0 Å². The highest BCUT2D eigenvalue weighted by atomic mass is 19.4. The first-order chi connectivity index (χ1) is 9.32. The van der Waals surface area contributed by atoms with Crippen LogP contribution in [0.25, 0.3) is 0 Å². The lowest BCUT2D eigenvalue weighted by Gasteiger charge is -2.17. The van der Waals surface area contributed by atoms with Gasteiger partial charge in [-0.15, -0.1) is 0 Å². The largest absolute Gasteiger partial charge is 0.416 e. The maximum atomic E-state index is 12.6. The molecule has 114 valence electrons. The van der Waals surface area contributed by atoms with E-state index in [2.05, 4.69) is 19.3 Å². The number of hydrogen-bond donors (Lipinski definition) is 2. The van der Waals surface area contributed by atoms with E-state index in [-0.39, 0.29) is 6.04 Å². The van der Waals surface area contributed by atoms with Crippen LogP contribution in [0.2, 0.25) is 0 Å². The average Bonchev–Trinajstić information content (AvgIpc) is 2.36. The molecule has 3 N–H and O–H groups in total. The minimum atomic E-state index is -4.29. The molecule has 0 aromatic heterocycles. The zero-order valence-corrected chi connectivity index (χ0v) is 12.0. The van der Waals surface area contributed by atoms with E-state index in [0.29, 0.717) is 17.9 Å². The van der Waals surface area contributed by atoms with Gasteiger partial charge in [-0.3, -0.25) is 11.3 Å². The van der Waals surface area contributed by atoms with E-state index in [1.54, 1.807) is 6.07 Å². The second-order valence-electron chi connectivity index (χ2n) is 5.59. The number of hydrazine groups is 1. The van der Waals surface area contributed by atoms with Crippen molar-refractivity contribution in [3.63, 3.8) is 0 Å². The molecule has 0 heterocycles. The third-order valence-corrected chi connectivity index (χ3v) is 3.31. The molecule has 0 bridgehead atoms. The highest BCUT2D eigenvalue weighted by molar-refractivity contribution is 5.26. The summed E-state index contributed by atoms with van der Waals surface area (Å²) in [7, 11) is 0. The SMILES string of the molecule is CC(C)CCCC(Cc1cccc(C(F)(F)F)c1)NN. The Morgan fingerprint density at radius 3 is 2.45 bits per heavy atom. The van der Waals surface area contributed by atoms with Crippen molar-refractivity contribution in [2.75, 3.05) is 0 Å². The fourth-order valence-electron chi connectivity index (χ4n) is 2.18. The van der Waals surface area contributed by atoms with Crippen LogP contribution in [0, 0.1) is 5.92 Å². The Morgan fingerprint density at radius 1 is 1.20 bits per heavy atom. The minimum absolute atomic E-state index is 0.0113. The van der Waals surface area contributed by atoms with Gasteiger partial charge in [0.2, 0.25) is 0 Å². The van der Waals surface area contributed by atoms with Crippen molar-refractivity contribution >= 4 is 0 Å². The Bertz CT molecular complexity index is 402. The molecule has 0 spiro atoms. The summed E-state index contributed by atoms with van der Waals surface area (Å²) < 4.78 is 37.9. The van der Waals surface area contributed by atoms with E-state index < -0.39 is 11.7 Å². The Hall–Kier alpha value is -1.07. The van der Waals surface area contributed by atoms with Gasteiger partial charge in [0.05, 0.1) is 5.56 Å². The third-order valence-electron chi connectivity index (χ3n) is 3.31. The highest BCUT2D eigenvalue weighted by Gasteiger charge is 2.30. The molecule has 1 aromatic rings. The fourth-order valence-corrected chi connectivity index (χ4v) is 2.18. The van der Waals surface area contributed by atoms with Crippen molar-refractivity contribution in [1.82, 2.24) is 5.43 Å². The van der Waals surface area contributed by atoms with Gasteiger partial charge in [-0.05, 0) is 30.4 Å². The van der Waals surface area contributed by atoms with Gasteiger partial charge in [0.25, 0.3) is 0 Å². The van der Waals surface area contributed by atoms with Crippen molar-refractivity contribution in [3.05, 3.63) is 35.4 Å². The van der Waals surface area contributed by atoms with Gasteiger partial charge in [-0.25, -0.2) is 0 Å². The zero-order chi connectivity index (χ0) is 15.2. The van der Waals surface area contributed by atoms with Crippen LogP contribution in [0.4, 0.5) is 13.2 Å². The molecule has 1 unspecified atom stereocenters. The summed E-state index contributed by atoms with van der Waals surface area (Å²) in [6, 6.07) is 5.46. The summed E-state index contributed by atoms with van der Waals surface area (Å²) in [6.07, 6.45) is -0.797. The zero-order valence-electron chi connectivity index (χ0n) is 12.0. The molecule has 20 heavy (non-hydrogen) atoms. The molecule has 0 fully saturated rings. The standard InChI is InChI=1S/C15H23F3N2/c1-11(2)5-3-8-14(20-19)10-12-6-4-7-13(9-12)15(16,17)18/h4,6-7,9,11,14,20H,3,5,8,10,19H2,1-2H3. The van der Waals surface area contributed by atoms with E-state index in [4.69, 9.17) is 5.84 Å². The van der Waals surface area contributed by atoms with Crippen LogP contribution in [-0.4, -0.2) is 6.04 Å². The Labute approximate surface area is 118 Å². The van der Waals surface area contributed by atoms with E-state index in [1.165, 1.54) is 12.1 Å². The highest BCUT2D eigenvalue weighted by Crippen LogP contribution is 2.29. The molecule has 0 saturated carbocycles. The van der Waals surface area contributed by atoms with Crippen LogP contribution in [0.1, 0.15) is 44.2 Å². The molecule has 1 atom stereocenters. The van der Waals surface area contributed by atoms with Crippen LogP contribution in [-0.2, 0) is 12.6 Å². The Balaban J connectivity index is 2.61. The summed E-state index contributed by atoms with van der Waals surface area (Å²) in [6.45, 7) is 4.30. The normalized spacial score (nSPS) is 13.8. The van der Waals surface area contributed by atoms with Gasteiger partial charge < -0.3 is 0 Å². The lowest BCUT2D eigenvalue weighted by Crippen LogP contribution is -2.36. The molecule has 0 aliphatic carbocycles. The van der Waals surface area contributed by atoms with Crippen molar-refractivity contribution in [2.45, 2.75) is 51.7 Å². The monoisotopic (exact) mass is 288 g/mol. The first-order valence-corrected chi connectivity index (χ1v) is 6.95. The van der Waals surface area contributed by atoms with Gasteiger partial charge in [-0.1, -0.05) is 44.9 Å². The number of halogens is 3. The first kappa shape index (κ1) is 17.0. The van der Waals surface area contributed by atoms with Gasteiger partial charge in [0.15, 0.2) is 0 Å². The fraction of sp³-hybridized carbons (Fsp3) is 0.600. The predicted octanol–water partition coefficient (Wildman–Crippen LogP) is 3.91. The topological polar surface area (TPSA) is 38.0 Å². The van der Waals surface area contributed by atoms with Gasteiger partial charge >= 0.3 is 6.18 Å². The van der Waals surface area contributed by atoms with E-state index in [0.717, 1.165) is 25.3 Å². The molecule has 0 aliphatic heterocycles. The van der Waals surface area contributed by atoms with Crippen LogP contribution in [0.15, 0.2) is 24.3 Å². The number of rotatable bonds is 7. The number of benzene rings is 1. The lowest BCUT2D eigenvalue weighted by atomic mass is 9.97. The molecular weight excluding hydrogens is 265 g/mol. The molecule has 0 aliphatic rings. The van der Waals surface area contributed by atoms with Gasteiger partial charge in [0.1, 0.15) is 0 Å². The quantitative estimate of drug-likeness (QED) is 0.590. The molecule has 1 aromatic carbocycles. The van der Waals surface area contributed by atoms with Crippen LogP contribution < -0.4 is 11.3 Å². The first-order valence-electron chi connectivity index (χ1n) is 6.95. The molecule has 0 saturated heterocycles. The molecule has 5 heteroatoms. The van der Waals surface area contributed by atoms with Gasteiger partial charge in [-0.2, -0.15) is 13.2 Å². The van der Waals surface area contributed by atoms with Crippen LogP contribution >= 0.6 is 0 Å². The second-order valence-corrected chi connectivity index (χ2v) is 5.59. The minimum Gasteiger partial charge on any atom is -0.271 e. The molecule has 2 nitrogen and oxygen atoms in total. The predicted molar refractivity (Wildman–Crippen MR) is 74.9 cm³/mol. The Kier molecular flexibility index (Phi) is 6.49. The van der Waals surface area contributed by atoms with Crippen LogP contribution in [0.5, 0.6) is 0 Å². The summed E-state index contributed by atoms with van der Waals surface area (Å²) in [5.41, 5.74) is 2.76. The summed E-state index contributed by atoms with van der Waals surface area (Å²) >= 11 is 0. The number of alkyl halides is 3. The molecule has 0 amide bonds. The third kappa shape index (κ3) is 5.92. The summed E-state index contributed by atoms with van der Waals surface area (Å²) in [4.78, 5) is 0. The maximum Gasteiger partial charge on any atom is 0.416 e. The van der Waals surface area contributed by atoms with E-state index in [1.807, 2.05) is 0 Å². The number of nitrogens with two attached hydrogens (primary N) is 1.